The van der Waals surface area contributed by atoms with Crippen LogP contribution in [0.5, 0.6) is 0 Å². The van der Waals surface area contributed by atoms with Gasteiger partial charge in [-0.05, 0) is 43.2 Å². The third-order valence-electron chi connectivity index (χ3n) is 6.25. The summed E-state index contributed by atoms with van der Waals surface area (Å²) in [6.45, 7) is 13.0. The molecule has 0 bridgehead atoms. The number of carbonyl (C=O) groups is 1. The highest BCUT2D eigenvalue weighted by molar-refractivity contribution is 14.0. The number of hydrogen-bond acceptors (Lipinski definition) is 3. The Morgan fingerprint density at radius 3 is 2.58 bits per heavy atom. The fraction of sp³-hybridized carbons (Fsp3) is 0.667. The number of benzene rings is 1. The zero-order chi connectivity index (χ0) is 21.3. The number of halogens is 1. The van der Waals surface area contributed by atoms with Crippen LogP contribution in [0.2, 0.25) is 0 Å². The van der Waals surface area contributed by atoms with Crippen LogP contribution in [0.1, 0.15) is 51.2 Å². The third-order valence-corrected chi connectivity index (χ3v) is 6.25. The Balaban J connectivity index is 0.00000341. The van der Waals surface area contributed by atoms with Crippen LogP contribution >= 0.6 is 24.0 Å². The number of carbonyl (C=O) groups excluding carboxylic acids is 1. The highest BCUT2D eigenvalue weighted by Crippen LogP contribution is 2.23. The molecule has 0 radical (unpaired) electrons. The van der Waals surface area contributed by atoms with E-state index in [2.05, 4.69) is 60.6 Å². The molecule has 1 amide bonds. The van der Waals surface area contributed by atoms with Crippen LogP contribution in [0.3, 0.4) is 0 Å². The molecule has 0 spiro atoms. The largest absolute Gasteiger partial charge is 0.357 e. The number of guanidine groups is 1. The molecule has 0 saturated carbocycles. The molecule has 1 unspecified atom stereocenters. The zero-order valence-electron chi connectivity index (χ0n) is 19.4. The summed E-state index contributed by atoms with van der Waals surface area (Å²) in [5, 5.41) is 6.83. The van der Waals surface area contributed by atoms with Crippen LogP contribution in [0, 0.1) is 5.92 Å². The molecule has 1 atom stereocenters. The third kappa shape index (κ3) is 7.63. The molecule has 3 rings (SSSR count). The lowest BCUT2D eigenvalue weighted by Gasteiger charge is -2.37. The first-order valence-corrected chi connectivity index (χ1v) is 11.7. The molecule has 7 heteroatoms. The van der Waals surface area contributed by atoms with Crippen molar-refractivity contribution in [2.24, 2.45) is 10.9 Å². The molecule has 1 aromatic carbocycles. The summed E-state index contributed by atoms with van der Waals surface area (Å²) in [6, 6.07) is 9.24. The van der Waals surface area contributed by atoms with E-state index >= 15 is 0 Å². The average Bonchev–Trinajstić information content (AvgIpc) is 3.15. The van der Waals surface area contributed by atoms with Crippen LogP contribution in [-0.4, -0.2) is 67.0 Å². The van der Waals surface area contributed by atoms with Crippen LogP contribution < -0.4 is 10.6 Å². The van der Waals surface area contributed by atoms with Gasteiger partial charge in [-0.2, -0.15) is 0 Å². The molecule has 0 aliphatic carbocycles. The number of nitrogens with one attached hydrogen (secondary N) is 2. The van der Waals surface area contributed by atoms with Gasteiger partial charge in [0.2, 0.25) is 5.91 Å². The average molecular weight is 542 g/mol. The SMILES string of the molecule is CCNC(=NCC(C(C)C)N1CCc2ccccc2C1)NCCCN1CCCC1=O.I. The van der Waals surface area contributed by atoms with Gasteiger partial charge in [0.05, 0.1) is 6.54 Å². The maximum atomic E-state index is 11.7. The number of likely N-dealkylation sites (tertiary alicyclic amines) is 1. The van der Waals surface area contributed by atoms with Crippen molar-refractivity contribution in [1.82, 2.24) is 20.4 Å². The Hall–Kier alpha value is -1.35. The minimum atomic E-state index is 0. The Morgan fingerprint density at radius 2 is 1.90 bits per heavy atom. The maximum Gasteiger partial charge on any atom is 0.222 e. The van der Waals surface area contributed by atoms with E-state index in [-0.39, 0.29) is 24.0 Å². The van der Waals surface area contributed by atoms with Crippen LogP contribution in [0.4, 0.5) is 0 Å². The molecular weight excluding hydrogens is 501 g/mol. The van der Waals surface area contributed by atoms with Gasteiger partial charge in [-0.15, -0.1) is 24.0 Å². The van der Waals surface area contributed by atoms with Gasteiger partial charge in [-0.25, -0.2) is 0 Å². The molecule has 2 aliphatic heterocycles. The van der Waals surface area contributed by atoms with Gasteiger partial charge in [0.15, 0.2) is 5.96 Å². The number of aliphatic imine (C=N–C) groups is 1. The second-order valence-corrected chi connectivity index (χ2v) is 8.78. The minimum Gasteiger partial charge on any atom is -0.357 e. The molecule has 31 heavy (non-hydrogen) atoms. The maximum absolute atomic E-state index is 11.7. The van der Waals surface area contributed by atoms with Crippen molar-refractivity contribution in [1.29, 1.82) is 0 Å². The number of amides is 1. The molecule has 2 N–H and O–H groups in total. The van der Waals surface area contributed by atoms with Gasteiger partial charge in [-0.1, -0.05) is 38.1 Å². The van der Waals surface area contributed by atoms with E-state index < -0.39 is 0 Å². The lowest BCUT2D eigenvalue weighted by molar-refractivity contribution is -0.127. The zero-order valence-corrected chi connectivity index (χ0v) is 21.7. The fourth-order valence-electron chi connectivity index (χ4n) is 4.49. The van der Waals surface area contributed by atoms with Crippen molar-refractivity contribution in [2.45, 2.75) is 59.0 Å². The fourth-order valence-corrected chi connectivity index (χ4v) is 4.49. The quantitative estimate of drug-likeness (QED) is 0.218. The summed E-state index contributed by atoms with van der Waals surface area (Å²) in [7, 11) is 0. The molecule has 2 aliphatic rings. The van der Waals surface area contributed by atoms with E-state index in [1.165, 1.54) is 11.1 Å². The first kappa shape index (κ1) is 25.9. The lowest BCUT2D eigenvalue weighted by atomic mass is 9.95. The summed E-state index contributed by atoms with van der Waals surface area (Å²) in [6.07, 6.45) is 3.80. The molecule has 2 heterocycles. The van der Waals surface area contributed by atoms with Crippen LogP contribution in [0.15, 0.2) is 29.3 Å². The predicted molar refractivity (Wildman–Crippen MR) is 139 cm³/mol. The van der Waals surface area contributed by atoms with Gasteiger partial charge in [0, 0.05) is 51.7 Å². The van der Waals surface area contributed by atoms with Crippen molar-refractivity contribution >= 4 is 35.8 Å². The topological polar surface area (TPSA) is 60.0 Å². The van der Waals surface area contributed by atoms with Crippen LogP contribution in [-0.2, 0) is 17.8 Å². The van der Waals surface area contributed by atoms with Crippen molar-refractivity contribution < 1.29 is 4.79 Å². The number of fused-ring (bicyclic) bond motifs is 1. The van der Waals surface area contributed by atoms with E-state index in [4.69, 9.17) is 4.99 Å². The van der Waals surface area contributed by atoms with E-state index in [0.717, 1.165) is 77.5 Å². The highest BCUT2D eigenvalue weighted by Gasteiger charge is 2.25. The Bertz CT molecular complexity index is 724. The lowest BCUT2D eigenvalue weighted by Crippen LogP contribution is -2.45. The number of rotatable bonds is 9. The van der Waals surface area contributed by atoms with E-state index in [1.807, 2.05) is 4.90 Å². The van der Waals surface area contributed by atoms with E-state index in [0.29, 0.717) is 17.9 Å². The van der Waals surface area contributed by atoms with Gasteiger partial charge < -0.3 is 15.5 Å². The van der Waals surface area contributed by atoms with Gasteiger partial charge in [0.25, 0.3) is 0 Å². The summed E-state index contributed by atoms with van der Waals surface area (Å²) in [4.78, 5) is 21.2. The molecule has 6 nitrogen and oxygen atoms in total. The second-order valence-electron chi connectivity index (χ2n) is 8.78. The van der Waals surface area contributed by atoms with Gasteiger partial charge in [0.1, 0.15) is 0 Å². The normalized spacial score (nSPS) is 18.0. The minimum absolute atomic E-state index is 0. The van der Waals surface area contributed by atoms with Crippen LogP contribution in [0.25, 0.3) is 0 Å². The first-order chi connectivity index (χ1) is 14.6. The van der Waals surface area contributed by atoms with Gasteiger partial charge in [-0.3, -0.25) is 14.7 Å². The molecule has 1 fully saturated rings. The standard InChI is InChI=1S/C24H39N5O.HI/c1-4-25-24(26-13-8-15-28-14-7-11-23(28)30)27-17-22(19(2)3)29-16-12-20-9-5-6-10-21(20)18-29;/h5-6,9-10,19,22H,4,7-8,11-18H2,1-3H3,(H2,25,26,27);1H. The predicted octanol–water partition coefficient (Wildman–Crippen LogP) is 3.25. The van der Waals surface area contributed by atoms with Crippen molar-refractivity contribution in [2.75, 3.05) is 39.3 Å². The van der Waals surface area contributed by atoms with E-state index in [1.54, 1.807) is 0 Å². The summed E-state index contributed by atoms with van der Waals surface area (Å²) in [5.74, 6) is 1.73. The van der Waals surface area contributed by atoms with Crippen molar-refractivity contribution in [3.63, 3.8) is 0 Å². The molecule has 1 saturated heterocycles. The Morgan fingerprint density at radius 1 is 1.13 bits per heavy atom. The molecule has 174 valence electrons. The van der Waals surface area contributed by atoms with Crippen molar-refractivity contribution in [3.8, 4) is 0 Å². The van der Waals surface area contributed by atoms with E-state index in [9.17, 15) is 4.79 Å². The monoisotopic (exact) mass is 541 g/mol. The summed E-state index contributed by atoms with van der Waals surface area (Å²) in [5.41, 5.74) is 2.95. The number of nitrogens with zero attached hydrogens (tertiary/aromatic N) is 3. The molecule has 1 aromatic rings. The Labute approximate surface area is 205 Å². The van der Waals surface area contributed by atoms with Crippen molar-refractivity contribution in [3.05, 3.63) is 35.4 Å². The smallest absolute Gasteiger partial charge is 0.222 e. The first-order valence-electron chi connectivity index (χ1n) is 11.7. The summed E-state index contributed by atoms with van der Waals surface area (Å²) < 4.78 is 0. The second kappa shape index (κ2) is 13.3. The number of hydrogen-bond donors (Lipinski definition) is 2. The van der Waals surface area contributed by atoms with Gasteiger partial charge >= 0.3 is 0 Å². The molecular formula is C24H40IN5O. The highest BCUT2D eigenvalue weighted by atomic mass is 127. The molecule has 0 aromatic heterocycles. The Kier molecular flexibility index (Phi) is 11.1. The summed E-state index contributed by atoms with van der Waals surface area (Å²) >= 11 is 0.